The molecule has 1 aromatic heterocycles. The van der Waals surface area contributed by atoms with Gasteiger partial charge in [0.2, 0.25) is 0 Å². The molecule has 2 fully saturated rings. The number of para-hydroxylation sites is 1. The van der Waals surface area contributed by atoms with Gasteiger partial charge in [-0.3, -0.25) is 9.78 Å². The van der Waals surface area contributed by atoms with Crippen molar-refractivity contribution >= 4 is 22.9 Å². The van der Waals surface area contributed by atoms with E-state index in [0.29, 0.717) is 22.0 Å². The number of cyclic esters (lactones) is 1. The molecule has 1 unspecified atom stereocenters. The molecule has 30 heavy (non-hydrogen) atoms. The van der Waals surface area contributed by atoms with E-state index in [4.69, 9.17) is 11.6 Å². The molecule has 5 heteroatoms. The van der Waals surface area contributed by atoms with Crippen LogP contribution in [0, 0.1) is 5.82 Å². The number of ether oxygens (including phenoxy) is 1. The molecular weight excluding hydrogens is 381 g/mol. The fourth-order valence-electron chi connectivity index (χ4n) is 3.79. The van der Waals surface area contributed by atoms with Crippen LogP contribution >= 0.6 is 0 Å². The SMILES string of the molecule is [2H]C1([2H])C([2H])([2H])C1([2H])c1nc2ccccc2c(-c2ccc(F)cc2)c1/C=C/C1C[C@@H](O)CC(=O)O1. The Morgan fingerprint density at radius 2 is 1.97 bits per heavy atom. The Balaban J connectivity index is 1.78. The second kappa shape index (κ2) is 7.65. The maximum Gasteiger partial charge on any atom is 0.309 e. The van der Waals surface area contributed by atoms with Crippen LogP contribution in [-0.4, -0.2) is 28.3 Å². The Labute approximate surface area is 181 Å². The molecule has 2 aliphatic rings. The summed E-state index contributed by atoms with van der Waals surface area (Å²) >= 11 is 0. The standard InChI is InChI=1S/C25H22FNO3/c26-17-9-7-15(8-10-17)24-20-3-1-2-4-22(20)27-25(16-5-6-16)21(24)12-11-19-13-18(28)14-23(29)30-19/h1-4,7-12,16,18-19,28H,5-6,13-14H2/b12-11+/t18-,19?/m1/s1/i5D2,6D2,16D. The quantitative estimate of drug-likeness (QED) is 0.618. The van der Waals surface area contributed by atoms with E-state index in [1.807, 2.05) is 0 Å². The summed E-state index contributed by atoms with van der Waals surface area (Å²) in [5.74, 6) is -3.30. The van der Waals surface area contributed by atoms with Crippen molar-refractivity contribution in [3.63, 3.8) is 0 Å². The first-order valence-corrected chi connectivity index (χ1v) is 9.72. The lowest BCUT2D eigenvalue weighted by atomic mass is 9.92. The third-order valence-electron chi connectivity index (χ3n) is 5.22. The average Bonchev–Trinajstić information content (AvgIpc) is 3.13. The van der Waals surface area contributed by atoms with Crippen LogP contribution in [0.5, 0.6) is 0 Å². The van der Waals surface area contributed by atoms with Crippen LogP contribution in [-0.2, 0) is 9.53 Å². The van der Waals surface area contributed by atoms with Crippen LogP contribution in [0.25, 0.3) is 28.1 Å². The molecule has 2 atom stereocenters. The molecule has 4 nitrogen and oxygen atoms in total. The minimum atomic E-state index is -2.51. The molecule has 1 saturated heterocycles. The lowest BCUT2D eigenvalue weighted by molar-refractivity contribution is -0.156. The van der Waals surface area contributed by atoms with Gasteiger partial charge in [0.25, 0.3) is 0 Å². The van der Waals surface area contributed by atoms with E-state index < -0.39 is 42.6 Å². The Kier molecular flexibility index (Phi) is 3.58. The largest absolute Gasteiger partial charge is 0.458 e. The van der Waals surface area contributed by atoms with Gasteiger partial charge < -0.3 is 9.84 Å². The van der Waals surface area contributed by atoms with Gasteiger partial charge in [0.15, 0.2) is 0 Å². The van der Waals surface area contributed by atoms with Crippen molar-refractivity contribution in [3.05, 3.63) is 71.7 Å². The number of carbonyl (C=O) groups excluding carboxylic acids is 1. The molecule has 1 N–H and O–H groups in total. The van der Waals surface area contributed by atoms with Crippen LogP contribution in [0.2, 0.25) is 0 Å². The molecule has 2 aromatic carbocycles. The molecular formula is C25H22FNO3. The average molecular weight is 408 g/mol. The number of aliphatic hydroxyl groups is 1. The minimum Gasteiger partial charge on any atom is -0.458 e. The highest BCUT2D eigenvalue weighted by molar-refractivity contribution is 5.99. The topological polar surface area (TPSA) is 59.4 Å². The van der Waals surface area contributed by atoms with Gasteiger partial charge in [-0.25, -0.2) is 4.39 Å². The lowest BCUT2D eigenvalue weighted by Crippen LogP contribution is -2.31. The van der Waals surface area contributed by atoms with Crippen LogP contribution in [0.15, 0.2) is 54.6 Å². The fourth-order valence-corrected chi connectivity index (χ4v) is 3.79. The molecule has 3 aromatic rings. The van der Waals surface area contributed by atoms with E-state index in [0.717, 1.165) is 0 Å². The summed E-state index contributed by atoms with van der Waals surface area (Å²) in [6, 6.07) is 12.7. The summed E-state index contributed by atoms with van der Waals surface area (Å²) in [5, 5.41) is 10.6. The minimum absolute atomic E-state index is 0.107. The first-order chi connectivity index (χ1) is 16.5. The van der Waals surface area contributed by atoms with Gasteiger partial charge in [0.05, 0.1) is 23.7 Å². The van der Waals surface area contributed by atoms with E-state index >= 15 is 0 Å². The number of esters is 1. The van der Waals surface area contributed by atoms with Crippen LogP contribution in [0.3, 0.4) is 0 Å². The predicted molar refractivity (Wildman–Crippen MR) is 113 cm³/mol. The van der Waals surface area contributed by atoms with Crippen molar-refractivity contribution in [2.45, 2.75) is 43.7 Å². The third-order valence-corrected chi connectivity index (χ3v) is 5.22. The number of hydrogen-bond acceptors (Lipinski definition) is 4. The number of nitrogens with zero attached hydrogens (tertiary/aromatic N) is 1. The lowest BCUT2D eigenvalue weighted by Gasteiger charge is -2.23. The summed E-state index contributed by atoms with van der Waals surface area (Å²) < 4.78 is 60.8. The molecule has 0 amide bonds. The van der Waals surface area contributed by atoms with Gasteiger partial charge in [0.1, 0.15) is 11.9 Å². The first-order valence-electron chi connectivity index (χ1n) is 12.2. The maximum atomic E-state index is 13.7. The molecule has 0 radical (unpaired) electrons. The number of aliphatic hydroxyl groups excluding tert-OH is 1. The van der Waals surface area contributed by atoms with Gasteiger partial charge in [-0.1, -0.05) is 36.4 Å². The molecule has 5 rings (SSSR count). The monoisotopic (exact) mass is 408 g/mol. The van der Waals surface area contributed by atoms with Crippen molar-refractivity contribution in [1.82, 2.24) is 4.98 Å². The van der Waals surface area contributed by atoms with Gasteiger partial charge in [-0.05, 0) is 42.6 Å². The smallest absolute Gasteiger partial charge is 0.309 e. The molecule has 152 valence electrons. The molecule has 1 saturated carbocycles. The summed E-state index contributed by atoms with van der Waals surface area (Å²) in [6.45, 7) is 0. The number of fused-ring (bicyclic) bond motifs is 1. The highest BCUT2D eigenvalue weighted by Crippen LogP contribution is 2.45. The van der Waals surface area contributed by atoms with Crippen molar-refractivity contribution in [1.29, 1.82) is 0 Å². The van der Waals surface area contributed by atoms with Crippen LogP contribution in [0.4, 0.5) is 4.39 Å². The highest BCUT2D eigenvalue weighted by atomic mass is 19.1. The Morgan fingerprint density at radius 1 is 1.20 bits per heavy atom. The molecule has 0 spiro atoms. The van der Waals surface area contributed by atoms with Crippen molar-refractivity contribution in [2.75, 3.05) is 0 Å². The van der Waals surface area contributed by atoms with E-state index in [9.17, 15) is 14.3 Å². The summed E-state index contributed by atoms with van der Waals surface area (Å²) in [6.07, 6.45) is -3.53. The summed E-state index contributed by atoms with van der Waals surface area (Å²) in [4.78, 5) is 16.4. The van der Waals surface area contributed by atoms with E-state index in [-0.39, 0.29) is 24.1 Å². The normalized spacial score (nSPS) is 28.7. The maximum absolute atomic E-state index is 13.7. The second-order valence-corrected chi connectivity index (χ2v) is 7.38. The predicted octanol–water partition coefficient (Wildman–Crippen LogP) is 5.00. The number of benzene rings is 2. The van der Waals surface area contributed by atoms with Gasteiger partial charge in [0, 0.05) is 35.7 Å². The molecule has 0 bridgehead atoms. The highest BCUT2D eigenvalue weighted by Gasteiger charge is 2.30. The van der Waals surface area contributed by atoms with Crippen molar-refractivity contribution < 1.29 is 25.9 Å². The third kappa shape index (κ3) is 3.73. The first kappa shape index (κ1) is 14.0. The number of carbonyl (C=O) groups is 1. The van der Waals surface area contributed by atoms with E-state index in [1.54, 1.807) is 36.4 Å². The van der Waals surface area contributed by atoms with Crippen molar-refractivity contribution in [2.24, 2.45) is 0 Å². The number of rotatable bonds is 4. The van der Waals surface area contributed by atoms with Crippen molar-refractivity contribution in [3.8, 4) is 11.1 Å². The van der Waals surface area contributed by atoms with Crippen LogP contribution in [0.1, 0.15) is 49.6 Å². The summed E-state index contributed by atoms with van der Waals surface area (Å²) in [5.41, 5.74) is 1.69. The molecule has 1 aliphatic carbocycles. The second-order valence-electron chi connectivity index (χ2n) is 7.38. The van der Waals surface area contributed by atoms with Gasteiger partial charge >= 0.3 is 5.97 Å². The Hall–Kier alpha value is -3.05. The Bertz CT molecular complexity index is 1350. The summed E-state index contributed by atoms with van der Waals surface area (Å²) in [7, 11) is 0. The number of aromatic nitrogens is 1. The molecule has 2 heterocycles. The number of hydrogen-bond donors (Lipinski definition) is 1. The van der Waals surface area contributed by atoms with Gasteiger partial charge in [-0.2, -0.15) is 0 Å². The number of halogens is 1. The zero-order chi connectivity index (χ0) is 25.2. The van der Waals surface area contributed by atoms with E-state index in [2.05, 4.69) is 4.98 Å². The van der Waals surface area contributed by atoms with Gasteiger partial charge in [-0.15, -0.1) is 0 Å². The Morgan fingerprint density at radius 3 is 2.70 bits per heavy atom. The molecule has 1 aliphatic heterocycles. The van der Waals surface area contributed by atoms with Crippen LogP contribution < -0.4 is 0 Å². The van der Waals surface area contributed by atoms with E-state index in [1.165, 1.54) is 24.3 Å². The zero-order valence-corrected chi connectivity index (χ0v) is 15.9. The zero-order valence-electron chi connectivity index (χ0n) is 20.9. The number of pyridine rings is 1. The fraction of sp³-hybridized carbons (Fsp3) is 0.280.